The topological polar surface area (TPSA) is 49.3 Å². The standard InChI is InChI=1S/C19H25NO2/c1-19-7-2-3-16(19)14-5-4-12-9-18(22)17(20-11-21)10-15(12)13(14)6-8-19/h9-11,13-14,16,22H,2-8H2,1H3,(H,20,21)/t13-,14+,16-,19-/m0/s1. The van der Waals surface area contributed by atoms with Gasteiger partial charge in [0.2, 0.25) is 6.41 Å². The molecule has 3 heteroatoms. The van der Waals surface area contributed by atoms with E-state index in [1.807, 2.05) is 12.1 Å². The number of nitrogens with one attached hydrogen (secondary N) is 1. The molecule has 2 saturated carbocycles. The fourth-order valence-corrected chi connectivity index (χ4v) is 5.78. The Morgan fingerprint density at radius 2 is 2.14 bits per heavy atom. The minimum atomic E-state index is 0.200. The van der Waals surface area contributed by atoms with Crippen LogP contribution in [0.2, 0.25) is 0 Å². The first-order valence-corrected chi connectivity index (χ1v) is 8.68. The van der Waals surface area contributed by atoms with Crippen LogP contribution >= 0.6 is 0 Å². The van der Waals surface area contributed by atoms with Gasteiger partial charge < -0.3 is 10.4 Å². The average molecular weight is 299 g/mol. The van der Waals surface area contributed by atoms with Crippen molar-refractivity contribution in [3.05, 3.63) is 23.3 Å². The van der Waals surface area contributed by atoms with E-state index in [2.05, 4.69) is 12.2 Å². The predicted octanol–water partition coefficient (Wildman–Crippen LogP) is 4.21. The Morgan fingerprint density at radius 3 is 2.95 bits per heavy atom. The van der Waals surface area contributed by atoms with Gasteiger partial charge in [0.25, 0.3) is 0 Å². The van der Waals surface area contributed by atoms with Crippen molar-refractivity contribution in [2.24, 2.45) is 17.3 Å². The van der Waals surface area contributed by atoms with E-state index in [0.717, 1.165) is 18.3 Å². The van der Waals surface area contributed by atoms with E-state index in [9.17, 15) is 9.90 Å². The lowest BCUT2D eigenvalue weighted by Crippen LogP contribution is -2.39. The molecule has 0 aliphatic heterocycles. The third-order valence-corrected chi connectivity index (χ3v) is 6.84. The summed E-state index contributed by atoms with van der Waals surface area (Å²) >= 11 is 0. The van der Waals surface area contributed by atoms with Gasteiger partial charge >= 0.3 is 0 Å². The summed E-state index contributed by atoms with van der Waals surface area (Å²) in [6.45, 7) is 2.51. The number of benzene rings is 1. The molecular weight excluding hydrogens is 274 g/mol. The lowest BCUT2D eigenvalue weighted by Gasteiger charge is -2.49. The van der Waals surface area contributed by atoms with Gasteiger partial charge in [0, 0.05) is 0 Å². The van der Waals surface area contributed by atoms with Crippen molar-refractivity contribution in [1.29, 1.82) is 0 Å². The Bertz CT molecular complexity index is 612. The monoisotopic (exact) mass is 299 g/mol. The highest BCUT2D eigenvalue weighted by Gasteiger charge is 2.50. The third kappa shape index (κ3) is 1.98. The summed E-state index contributed by atoms with van der Waals surface area (Å²) in [5.41, 5.74) is 3.80. The molecule has 0 spiro atoms. The summed E-state index contributed by atoms with van der Waals surface area (Å²) in [5, 5.41) is 12.7. The zero-order valence-corrected chi connectivity index (χ0v) is 13.3. The molecule has 1 amide bonds. The average Bonchev–Trinajstić information content (AvgIpc) is 2.90. The summed E-state index contributed by atoms with van der Waals surface area (Å²) < 4.78 is 0. The van der Waals surface area contributed by atoms with Gasteiger partial charge in [-0.1, -0.05) is 13.3 Å². The fraction of sp³-hybridized carbons (Fsp3) is 0.632. The molecule has 2 fully saturated rings. The normalized spacial score (nSPS) is 36.1. The highest BCUT2D eigenvalue weighted by Crippen LogP contribution is 2.61. The van der Waals surface area contributed by atoms with Gasteiger partial charge in [0.1, 0.15) is 5.75 Å². The van der Waals surface area contributed by atoms with Gasteiger partial charge in [-0.2, -0.15) is 0 Å². The number of aryl methyl sites for hydroxylation is 1. The molecule has 0 aromatic heterocycles. The molecule has 0 radical (unpaired) electrons. The molecule has 1 aromatic rings. The van der Waals surface area contributed by atoms with E-state index >= 15 is 0 Å². The van der Waals surface area contributed by atoms with Gasteiger partial charge in [-0.3, -0.25) is 4.79 Å². The van der Waals surface area contributed by atoms with Crippen LogP contribution in [0.1, 0.15) is 62.5 Å². The molecule has 4 atom stereocenters. The Morgan fingerprint density at radius 1 is 1.27 bits per heavy atom. The number of hydrogen-bond donors (Lipinski definition) is 2. The molecule has 3 aliphatic rings. The van der Waals surface area contributed by atoms with Gasteiger partial charge in [-0.15, -0.1) is 0 Å². The summed E-state index contributed by atoms with van der Waals surface area (Å²) in [7, 11) is 0. The van der Waals surface area contributed by atoms with E-state index in [0.29, 0.717) is 23.4 Å². The largest absolute Gasteiger partial charge is 0.506 e. The van der Waals surface area contributed by atoms with Crippen molar-refractivity contribution in [2.75, 3.05) is 5.32 Å². The number of carbonyl (C=O) groups is 1. The van der Waals surface area contributed by atoms with E-state index < -0.39 is 0 Å². The zero-order chi connectivity index (χ0) is 15.3. The first kappa shape index (κ1) is 14.1. The number of anilines is 1. The summed E-state index contributed by atoms with van der Waals surface area (Å²) in [6, 6.07) is 3.91. The lowest BCUT2D eigenvalue weighted by atomic mass is 9.56. The van der Waals surface area contributed by atoms with Gasteiger partial charge in [0.05, 0.1) is 5.69 Å². The molecule has 22 heavy (non-hydrogen) atoms. The maximum atomic E-state index is 10.7. The zero-order valence-electron chi connectivity index (χ0n) is 13.3. The van der Waals surface area contributed by atoms with E-state index in [-0.39, 0.29) is 5.75 Å². The maximum Gasteiger partial charge on any atom is 0.211 e. The molecule has 0 bridgehead atoms. The maximum absolute atomic E-state index is 10.7. The van der Waals surface area contributed by atoms with Crippen molar-refractivity contribution in [1.82, 2.24) is 0 Å². The molecule has 1 aromatic carbocycles. The highest BCUT2D eigenvalue weighted by molar-refractivity contribution is 5.76. The SMILES string of the molecule is C[C@@]12CCC[C@H]1[C@@H]1CCc3cc(O)c(NC=O)cc3[C@H]1CC2. The van der Waals surface area contributed by atoms with Crippen LogP contribution in [0.5, 0.6) is 5.75 Å². The third-order valence-electron chi connectivity index (χ3n) is 6.84. The summed E-state index contributed by atoms with van der Waals surface area (Å²) in [5.74, 6) is 2.48. The predicted molar refractivity (Wildman–Crippen MR) is 87.0 cm³/mol. The molecule has 0 unspecified atom stereocenters. The van der Waals surface area contributed by atoms with Crippen molar-refractivity contribution >= 4 is 12.1 Å². The highest BCUT2D eigenvalue weighted by atomic mass is 16.3. The Balaban J connectivity index is 1.72. The van der Waals surface area contributed by atoms with E-state index in [4.69, 9.17) is 0 Å². The van der Waals surface area contributed by atoms with Crippen LogP contribution in [0, 0.1) is 17.3 Å². The van der Waals surface area contributed by atoms with Crippen LogP contribution < -0.4 is 5.32 Å². The Labute approximate surface area is 132 Å². The number of amides is 1. The Kier molecular flexibility index (Phi) is 3.21. The number of hydrogen-bond acceptors (Lipinski definition) is 2. The summed E-state index contributed by atoms with van der Waals surface area (Å²) in [6.07, 6.45) is 9.76. The van der Waals surface area contributed by atoms with Gasteiger partial charge in [-0.05, 0) is 85.0 Å². The van der Waals surface area contributed by atoms with Crippen molar-refractivity contribution < 1.29 is 9.90 Å². The fourth-order valence-electron chi connectivity index (χ4n) is 5.78. The molecule has 0 heterocycles. The van der Waals surface area contributed by atoms with Crippen molar-refractivity contribution in [3.8, 4) is 5.75 Å². The first-order chi connectivity index (χ1) is 10.6. The van der Waals surface area contributed by atoms with Crippen LogP contribution in [0.3, 0.4) is 0 Å². The van der Waals surface area contributed by atoms with Crippen LogP contribution in [-0.2, 0) is 11.2 Å². The van der Waals surface area contributed by atoms with Crippen LogP contribution in [0.15, 0.2) is 12.1 Å². The summed E-state index contributed by atoms with van der Waals surface area (Å²) in [4.78, 5) is 10.7. The second-order valence-electron chi connectivity index (χ2n) is 7.83. The number of phenols is 1. The molecule has 0 saturated heterocycles. The number of phenolic OH excluding ortho intramolecular Hbond substituents is 1. The van der Waals surface area contributed by atoms with Gasteiger partial charge in [-0.25, -0.2) is 0 Å². The minimum Gasteiger partial charge on any atom is -0.506 e. The minimum absolute atomic E-state index is 0.200. The van der Waals surface area contributed by atoms with Crippen LogP contribution in [0.25, 0.3) is 0 Å². The van der Waals surface area contributed by atoms with E-state index in [1.54, 1.807) is 0 Å². The number of rotatable bonds is 2. The van der Waals surface area contributed by atoms with Crippen LogP contribution in [-0.4, -0.2) is 11.5 Å². The second kappa shape index (κ2) is 5.00. The van der Waals surface area contributed by atoms with Crippen molar-refractivity contribution in [2.45, 2.75) is 57.8 Å². The molecule has 118 valence electrons. The lowest BCUT2D eigenvalue weighted by molar-refractivity contribution is -0.105. The molecule has 3 nitrogen and oxygen atoms in total. The second-order valence-corrected chi connectivity index (χ2v) is 7.83. The number of fused-ring (bicyclic) bond motifs is 5. The van der Waals surface area contributed by atoms with Gasteiger partial charge in [0.15, 0.2) is 0 Å². The van der Waals surface area contributed by atoms with E-state index in [1.165, 1.54) is 49.7 Å². The molecular formula is C19H25NO2. The van der Waals surface area contributed by atoms with Crippen LogP contribution in [0.4, 0.5) is 5.69 Å². The van der Waals surface area contributed by atoms with Crippen molar-refractivity contribution in [3.63, 3.8) is 0 Å². The molecule has 4 rings (SSSR count). The number of aromatic hydroxyl groups is 1. The smallest absolute Gasteiger partial charge is 0.211 e. The quantitative estimate of drug-likeness (QED) is 0.635. The Hall–Kier alpha value is -1.51. The molecule has 3 aliphatic carbocycles. The molecule has 2 N–H and O–H groups in total. The number of carbonyl (C=O) groups excluding carboxylic acids is 1. The first-order valence-electron chi connectivity index (χ1n) is 8.68.